The lowest BCUT2D eigenvalue weighted by molar-refractivity contribution is -0.138. The number of carbonyl (C=O) groups is 1. The van der Waals surface area contributed by atoms with Crippen LogP contribution in [0.1, 0.15) is 55.7 Å². The molecule has 1 fully saturated rings. The SMILES string of the molecule is CC1CCC(N2CCC(CC(=O)O)C2)c2ccccc21. The molecule has 0 aromatic heterocycles. The number of carboxylic acid groups (broad SMARTS) is 1. The molecule has 1 aliphatic heterocycles. The predicted molar refractivity (Wildman–Crippen MR) is 78.8 cm³/mol. The summed E-state index contributed by atoms with van der Waals surface area (Å²) in [7, 11) is 0. The number of hydrogen-bond donors (Lipinski definition) is 1. The first kappa shape index (κ1) is 13.6. The number of aliphatic carboxylic acids is 1. The quantitative estimate of drug-likeness (QED) is 0.917. The molecule has 3 heteroatoms. The molecule has 3 atom stereocenters. The maximum absolute atomic E-state index is 10.9. The highest BCUT2D eigenvalue weighted by Gasteiger charge is 2.33. The van der Waals surface area contributed by atoms with Crippen molar-refractivity contribution in [3.63, 3.8) is 0 Å². The summed E-state index contributed by atoms with van der Waals surface area (Å²) in [5.41, 5.74) is 2.97. The number of rotatable bonds is 3. The summed E-state index contributed by atoms with van der Waals surface area (Å²) in [6, 6.07) is 9.29. The summed E-state index contributed by atoms with van der Waals surface area (Å²) in [4.78, 5) is 13.4. The average molecular weight is 273 g/mol. The van der Waals surface area contributed by atoms with Gasteiger partial charge in [-0.1, -0.05) is 31.2 Å². The van der Waals surface area contributed by atoms with Crippen LogP contribution in [0.4, 0.5) is 0 Å². The van der Waals surface area contributed by atoms with Crippen LogP contribution >= 0.6 is 0 Å². The van der Waals surface area contributed by atoms with E-state index in [9.17, 15) is 4.79 Å². The molecule has 0 radical (unpaired) electrons. The van der Waals surface area contributed by atoms with E-state index in [1.807, 2.05) is 0 Å². The highest BCUT2D eigenvalue weighted by molar-refractivity contribution is 5.67. The van der Waals surface area contributed by atoms with E-state index in [4.69, 9.17) is 5.11 Å². The molecule has 1 saturated heterocycles. The fourth-order valence-corrected chi connectivity index (χ4v) is 3.92. The lowest BCUT2D eigenvalue weighted by atomic mass is 9.80. The lowest BCUT2D eigenvalue weighted by Crippen LogP contribution is -2.30. The van der Waals surface area contributed by atoms with E-state index in [2.05, 4.69) is 36.1 Å². The van der Waals surface area contributed by atoms with E-state index in [0.29, 0.717) is 24.3 Å². The average Bonchev–Trinajstić information content (AvgIpc) is 2.87. The number of benzene rings is 1. The molecule has 3 rings (SSSR count). The molecule has 0 saturated carbocycles. The van der Waals surface area contributed by atoms with Gasteiger partial charge in [0.25, 0.3) is 0 Å². The molecule has 1 aromatic carbocycles. The minimum absolute atomic E-state index is 0.321. The molecule has 1 aliphatic carbocycles. The highest BCUT2D eigenvalue weighted by atomic mass is 16.4. The topological polar surface area (TPSA) is 40.5 Å². The maximum Gasteiger partial charge on any atom is 0.303 e. The Morgan fingerprint density at radius 1 is 1.25 bits per heavy atom. The Balaban J connectivity index is 1.76. The van der Waals surface area contributed by atoms with E-state index in [1.54, 1.807) is 0 Å². The number of carboxylic acids is 1. The largest absolute Gasteiger partial charge is 0.481 e. The third-order valence-electron chi connectivity index (χ3n) is 4.98. The van der Waals surface area contributed by atoms with Crippen molar-refractivity contribution in [2.75, 3.05) is 13.1 Å². The maximum atomic E-state index is 10.9. The second-order valence-electron chi connectivity index (χ2n) is 6.37. The zero-order chi connectivity index (χ0) is 14.1. The van der Waals surface area contributed by atoms with Gasteiger partial charge in [0.1, 0.15) is 0 Å². The Morgan fingerprint density at radius 2 is 2.00 bits per heavy atom. The summed E-state index contributed by atoms with van der Waals surface area (Å²) in [6.07, 6.45) is 3.79. The highest BCUT2D eigenvalue weighted by Crippen LogP contribution is 2.42. The number of fused-ring (bicyclic) bond motifs is 1. The van der Waals surface area contributed by atoms with Crippen molar-refractivity contribution in [3.05, 3.63) is 35.4 Å². The number of hydrogen-bond acceptors (Lipinski definition) is 2. The van der Waals surface area contributed by atoms with Gasteiger partial charge in [-0.05, 0) is 48.8 Å². The van der Waals surface area contributed by atoms with Gasteiger partial charge < -0.3 is 5.11 Å². The van der Waals surface area contributed by atoms with Crippen molar-refractivity contribution in [2.24, 2.45) is 5.92 Å². The molecule has 1 aromatic rings. The van der Waals surface area contributed by atoms with Gasteiger partial charge in [0.15, 0.2) is 0 Å². The Labute approximate surface area is 120 Å². The Kier molecular flexibility index (Phi) is 3.79. The van der Waals surface area contributed by atoms with E-state index in [1.165, 1.54) is 24.0 Å². The van der Waals surface area contributed by atoms with Crippen molar-refractivity contribution in [2.45, 2.75) is 44.6 Å². The molecule has 108 valence electrons. The molecule has 1 N–H and O–H groups in total. The van der Waals surface area contributed by atoms with Crippen molar-refractivity contribution in [1.29, 1.82) is 0 Å². The standard InChI is InChI=1S/C17H23NO2/c1-12-6-7-16(15-5-3-2-4-14(12)15)18-9-8-13(11-18)10-17(19)20/h2-5,12-13,16H,6-11H2,1H3,(H,19,20). The van der Waals surface area contributed by atoms with Gasteiger partial charge in [0.05, 0.1) is 0 Å². The van der Waals surface area contributed by atoms with Crippen molar-refractivity contribution in [3.8, 4) is 0 Å². The molecule has 3 nitrogen and oxygen atoms in total. The Hall–Kier alpha value is -1.35. The molecular formula is C17H23NO2. The smallest absolute Gasteiger partial charge is 0.303 e. The third kappa shape index (κ3) is 2.59. The van der Waals surface area contributed by atoms with Gasteiger partial charge in [0, 0.05) is 19.0 Å². The molecule has 20 heavy (non-hydrogen) atoms. The van der Waals surface area contributed by atoms with Gasteiger partial charge in [-0.15, -0.1) is 0 Å². The summed E-state index contributed by atoms with van der Waals surface area (Å²) >= 11 is 0. The molecular weight excluding hydrogens is 250 g/mol. The van der Waals surface area contributed by atoms with Crippen molar-refractivity contribution < 1.29 is 9.90 Å². The van der Waals surface area contributed by atoms with Crippen molar-refractivity contribution in [1.82, 2.24) is 4.90 Å². The van der Waals surface area contributed by atoms with Crippen LogP contribution < -0.4 is 0 Å². The second kappa shape index (κ2) is 5.57. The zero-order valence-corrected chi connectivity index (χ0v) is 12.1. The number of likely N-dealkylation sites (tertiary alicyclic amines) is 1. The Morgan fingerprint density at radius 3 is 2.75 bits per heavy atom. The zero-order valence-electron chi connectivity index (χ0n) is 12.1. The second-order valence-corrected chi connectivity index (χ2v) is 6.37. The van der Waals surface area contributed by atoms with Crippen LogP contribution in [0.2, 0.25) is 0 Å². The number of nitrogens with zero attached hydrogens (tertiary/aromatic N) is 1. The molecule has 0 bridgehead atoms. The summed E-state index contributed by atoms with van der Waals surface area (Å²) < 4.78 is 0. The van der Waals surface area contributed by atoms with Gasteiger partial charge in [0.2, 0.25) is 0 Å². The normalized spacial score (nSPS) is 30.1. The third-order valence-corrected chi connectivity index (χ3v) is 4.98. The Bertz CT molecular complexity index is 500. The summed E-state index contributed by atoms with van der Waals surface area (Å²) in [5.74, 6) is 0.327. The van der Waals surface area contributed by atoms with Gasteiger partial charge in [-0.2, -0.15) is 0 Å². The van der Waals surface area contributed by atoms with Crippen LogP contribution in [0.15, 0.2) is 24.3 Å². The predicted octanol–water partition coefficient (Wildman–Crippen LogP) is 3.42. The van der Waals surface area contributed by atoms with Crippen LogP contribution in [0.5, 0.6) is 0 Å². The fourth-order valence-electron chi connectivity index (χ4n) is 3.92. The first-order valence-corrected chi connectivity index (χ1v) is 7.70. The van der Waals surface area contributed by atoms with Gasteiger partial charge in [-0.3, -0.25) is 9.69 Å². The van der Waals surface area contributed by atoms with Crippen LogP contribution in [-0.2, 0) is 4.79 Å². The monoisotopic (exact) mass is 273 g/mol. The van der Waals surface area contributed by atoms with E-state index in [0.717, 1.165) is 19.5 Å². The van der Waals surface area contributed by atoms with E-state index < -0.39 is 5.97 Å². The summed E-state index contributed by atoms with van der Waals surface area (Å²) in [6.45, 7) is 4.30. The van der Waals surface area contributed by atoms with Crippen LogP contribution in [-0.4, -0.2) is 29.1 Å². The van der Waals surface area contributed by atoms with Crippen LogP contribution in [0.25, 0.3) is 0 Å². The van der Waals surface area contributed by atoms with E-state index in [-0.39, 0.29) is 0 Å². The van der Waals surface area contributed by atoms with Gasteiger partial charge in [-0.25, -0.2) is 0 Å². The molecule has 2 aliphatic rings. The van der Waals surface area contributed by atoms with Gasteiger partial charge >= 0.3 is 5.97 Å². The van der Waals surface area contributed by atoms with Crippen LogP contribution in [0.3, 0.4) is 0 Å². The minimum atomic E-state index is -0.658. The molecule has 1 heterocycles. The molecule has 3 unspecified atom stereocenters. The molecule has 0 spiro atoms. The lowest BCUT2D eigenvalue weighted by Gasteiger charge is -2.35. The summed E-state index contributed by atoms with van der Waals surface area (Å²) in [5, 5.41) is 8.94. The first-order chi connectivity index (χ1) is 9.65. The van der Waals surface area contributed by atoms with Crippen LogP contribution in [0, 0.1) is 5.92 Å². The fraction of sp³-hybridized carbons (Fsp3) is 0.588. The van der Waals surface area contributed by atoms with Crippen molar-refractivity contribution >= 4 is 5.97 Å². The first-order valence-electron chi connectivity index (χ1n) is 7.70. The molecule has 0 amide bonds. The minimum Gasteiger partial charge on any atom is -0.481 e. The van der Waals surface area contributed by atoms with E-state index >= 15 is 0 Å².